The van der Waals surface area contributed by atoms with Gasteiger partial charge in [-0.05, 0) is 25.6 Å². The molecule has 0 saturated carbocycles. The van der Waals surface area contributed by atoms with Crippen LogP contribution < -0.4 is 10.1 Å². The Morgan fingerprint density at radius 2 is 2.28 bits per heavy atom. The van der Waals surface area contributed by atoms with Crippen molar-refractivity contribution in [2.75, 3.05) is 46.5 Å². The molecule has 0 atom stereocenters. The molecule has 1 fully saturated rings. The Bertz CT molecular complexity index is 337. The highest BCUT2D eigenvalue weighted by atomic mass is 32.1. The Hall–Kier alpha value is -0.620. The van der Waals surface area contributed by atoms with Crippen molar-refractivity contribution in [1.29, 1.82) is 0 Å². The molecule has 2 heterocycles. The molecule has 1 aromatic rings. The molecule has 0 aromatic carbocycles. The van der Waals surface area contributed by atoms with Crippen molar-refractivity contribution >= 4 is 11.3 Å². The van der Waals surface area contributed by atoms with Crippen LogP contribution in [0.3, 0.4) is 0 Å². The van der Waals surface area contributed by atoms with Crippen LogP contribution in [0.2, 0.25) is 0 Å². The standard InChI is InChI=1S/C13H22N2O2S/c1-16-12-9-13(18-11-12)10-14-3-2-4-15-5-7-17-8-6-15/h9,11,14H,2-8,10H2,1H3. The number of rotatable bonds is 7. The third kappa shape index (κ3) is 4.57. The summed E-state index contributed by atoms with van der Waals surface area (Å²) in [5.74, 6) is 0.963. The molecule has 5 heteroatoms. The quantitative estimate of drug-likeness (QED) is 0.763. The smallest absolute Gasteiger partial charge is 0.129 e. The first-order chi connectivity index (χ1) is 8.88. The Balaban J connectivity index is 1.52. The second-order valence-electron chi connectivity index (χ2n) is 4.44. The Morgan fingerprint density at radius 1 is 1.44 bits per heavy atom. The van der Waals surface area contributed by atoms with E-state index in [0.29, 0.717) is 0 Å². The molecular formula is C13H22N2O2S. The molecule has 102 valence electrons. The van der Waals surface area contributed by atoms with E-state index in [2.05, 4.69) is 16.3 Å². The minimum Gasteiger partial charge on any atom is -0.496 e. The summed E-state index contributed by atoms with van der Waals surface area (Å²) in [5, 5.41) is 5.52. The van der Waals surface area contributed by atoms with Gasteiger partial charge in [-0.15, -0.1) is 11.3 Å². The van der Waals surface area contributed by atoms with E-state index < -0.39 is 0 Å². The Morgan fingerprint density at radius 3 is 3.00 bits per heavy atom. The first-order valence-corrected chi connectivity index (χ1v) is 7.38. The molecule has 1 aromatic heterocycles. The maximum Gasteiger partial charge on any atom is 0.129 e. The minimum absolute atomic E-state index is 0.891. The Labute approximate surface area is 113 Å². The lowest BCUT2D eigenvalue weighted by molar-refractivity contribution is 0.0374. The number of morpholine rings is 1. The second kappa shape index (κ2) is 7.74. The maximum absolute atomic E-state index is 5.33. The maximum atomic E-state index is 5.33. The van der Waals surface area contributed by atoms with Gasteiger partial charge in [0, 0.05) is 29.9 Å². The van der Waals surface area contributed by atoms with E-state index in [4.69, 9.17) is 9.47 Å². The summed E-state index contributed by atoms with van der Waals surface area (Å²) in [6, 6.07) is 2.10. The molecule has 0 bridgehead atoms. The third-order valence-electron chi connectivity index (χ3n) is 3.10. The van der Waals surface area contributed by atoms with Gasteiger partial charge in [-0.3, -0.25) is 4.90 Å². The molecule has 0 amide bonds. The number of hydrogen-bond acceptors (Lipinski definition) is 5. The first kappa shape index (κ1) is 13.8. The number of nitrogens with one attached hydrogen (secondary N) is 1. The van der Waals surface area contributed by atoms with Crippen LogP contribution in [0.25, 0.3) is 0 Å². The molecule has 1 saturated heterocycles. The second-order valence-corrected chi connectivity index (χ2v) is 5.43. The van der Waals surface area contributed by atoms with Crippen molar-refractivity contribution in [3.63, 3.8) is 0 Å². The van der Waals surface area contributed by atoms with Gasteiger partial charge in [-0.1, -0.05) is 0 Å². The fourth-order valence-electron chi connectivity index (χ4n) is 2.02. The van der Waals surface area contributed by atoms with E-state index in [9.17, 15) is 0 Å². The summed E-state index contributed by atoms with van der Waals surface area (Å²) in [6.45, 7) is 7.13. The van der Waals surface area contributed by atoms with Gasteiger partial charge in [-0.2, -0.15) is 0 Å². The van der Waals surface area contributed by atoms with Crippen LogP contribution in [0.4, 0.5) is 0 Å². The predicted octanol–water partition coefficient (Wildman–Crippen LogP) is 1.57. The highest BCUT2D eigenvalue weighted by molar-refractivity contribution is 7.10. The lowest BCUT2D eigenvalue weighted by Crippen LogP contribution is -2.37. The highest BCUT2D eigenvalue weighted by Gasteiger charge is 2.08. The molecule has 0 unspecified atom stereocenters. The molecule has 0 aliphatic carbocycles. The van der Waals surface area contributed by atoms with Crippen molar-refractivity contribution < 1.29 is 9.47 Å². The van der Waals surface area contributed by atoms with Crippen LogP contribution in [0, 0.1) is 0 Å². The zero-order valence-electron chi connectivity index (χ0n) is 11.0. The fraction of sp³-hybridized carbons (Fsp3) is 0.692. The van der Waals surface area contributed by atoms with Gasteiger partial charge >= 0.3 is 0 Å². The van der Waals surface area contributed by atoms with Gasteiger partial charge in [0.25, 0.3) is 0 Å². The number of methoxy groups -OCH3 is 1. The number of ether oxygens (including phenoxy) is 2. The van der Waals surface area contributed by atoms with E-state index in [1.165, 1.54) is 17.8 Å². The van der Waals surface area contributed by atoms with Gasteiger partial charge in [0.2, 0.25) is 0 Å². The zero-order valence-corrected chi connectivity index (χ0v) is 11.8. The van der Waals surface area contributed by atoms with Crippen molar-refractivity contribution in [2.24, 2.45) is 0 Å². The molecule has 1 N–H and O–H groups in total. The van der Waals surface area contributed by atoms with Gasteiger partial charge in [0.15, 0.2) is 0 Å². The molecule has 18 heavy (non-hydrogen) atoms. The summed E-state index contributed by atoms with van der Waals surface area (Å²) < 4.78 is 10.5. The molecule has 0 radical (unpaired) electrons. The first-order valence-electron chi connectivity index (χ1n) is 6.50. The van der Waals surface area contributed by atoms with Gasteiger partial charge < -0.3 is 14.8 Å². The van der Waals surface area contributed by atoms with Crippen LogP contribution in [-0.2, 0) is 11.3 Å². The molecule has 1 aliphatic rings. The van der Waals surface area contributed by atoms with Gasteiger partial charge in [-0.25, -0.2) is 0 Å². The summed E-state index contributed by atoms with van der Waals surface area (Å²) in [5.41, 5.74) is 0. The minimum atomic E-state index is 0.891. The molecule has 0 spiro atoms. The zero-order chi connectivity index (χ0) is 12.6. The summed E-state index contributed by atoms with van der Waals surface area (Å²) in [7, 11) is 1.71. The van der Waals surface area contributed by atoms with Gasteiger partial charge in [0.1, 0.15) is 5.75 Å². The monoisotopic (exact) mass is 270 g/mol. The summed E-state index contributed by atoms with van der Waals surface area (Å²) in [6.07, 6.45) is 1.20. The van der Waals surface area contributed by atoms with Crippen molar-refractivity contribution in [1.82, 2.24) is 10.2 Å². The van der Waals surface area contributed by atoms with Crippen LogP contribution in [0.5, 0.6) is 5.75 Å². The van der Waals surface area contributed by atoms with E-state index >= 15 is 0 Å². The average Bonchev–Trinajstić information content (AvgIpc) is 2.87. The normalized spacial score (nSPS) is 16.9. The number of hydrogen-bond donors (Lipinski definition) is 1. The van der Waals surface area contributed by atoms with E-state index in [0.717, 1.165) is 45.1 Å². The number of nitrogens with zero attached hydrogens (tertiary/aromatic N) is 1. The van der Waals surface area contributed by atoms with E-state index in [-0.39, 0.29) is 0 Å². The average molecular weight is 270 g/mol. The van der Waals surface area contributed by atoms with Crippen LogP contribution in [0.15, 0.2) is 11.4 Å². The molecule has 2 rings (SSSR count). The molecule has 4 nitrogen and oxygen atoms in total. The molecular weight excluding hydrogens is 248 g/mol. The van der Waals surface area contributed by atoms with Crippen molar-refractivity contribution in [3.8, 4) is 5.75 Å². The lowest BCUT2D eigenvalue weighted by Gasteiger charge is -2.26. The van der Waals surface area contributed by atoms with Gasteiger partial charge in [0.05, 0.1) is 20.3 Å². The number of thiophene rings is 1. The largest absolute Gasteiger partial charge is 0.496 e. The predicted molar refractivity (Wildman–Crippen MR) is 74.5 cm³/mol. The third-order valence-corrected chi connectivity index (χ3v) is 4.01. The molecule has 1 aliphatic heterocycles. The van der Waals surface area contributed by atoms with Crippen LogP contribution >= 0.6 is 11.3 Å². The topological polar surface area (TPSA) is 33.7 Å². The van der Waals surface area contributed by atoms with E-state index in [1.807, 2.05) is 5.38 Å². The summed E-state index contributed by atoms with van der Waals surface area (Å²) >= 11 is 1.75. The van der Waals surface area contributed by atoms with Crippen LogP contribution in [-0.4, -0.2) is 51.4 Å². The highest BCUT2D eigenvalue weighted by Crippen LogP contribution is 2.20. The Kier molecular flexibility index (Phi) is 5.93. The van der Waals surface area contributed by atoms with Crippen LogP contribution in [0.1, 0.15) is 11.3 Å². The summed E-state index contributed by atoms with van der Waals surface area (Å²) in [4.78, 5) is 3.80. The van der Waals surface area contributed by atoms with Crippen molar-refractivity contribution in [3.05, 3.63) is 16.3 Å². The fourth-order valence-corrected chi connectivity index (χ4v) is 2.83. The SMILES string of the molecule is COc1csc(CNCCCN2CCOCC2)c1. The lowest BCUT2D eigenvalue weighted by atomic mass is 10.3. The van der Waals surface area contributed by atoms with E-state index in [1.54, 1.807) is 18.4 Å². The van der Waals surface area contributed by atoms with Crippen molar-refractivity contribution in [2.45, 2.75) is 13.0 Å².